The van der Waals surface area contributed by atoms with E-state index in [9.17, 15) is 4.79 Å². The van der Waals surface area contributed by atoms with Crippen LogP contribution in [0.2, 0.25) is 5.02 Å². The molecule has 0 saturated heterocycles. The second kappa shape index (κ2) is 4.53. The minimum atomic E-state index is -0.414. The van der Waals surface area contributed by atoms with Gasteiger partial charge in [-0.3, -0.25) is 0 Å². The molecule has 0 radical (unpaired) electrons. The van der Waals surface area contributed by atoms with E-state index in [1.165, 1.54) is 0 Å². The number of rotatable bonds is 2. The van der Waals surface area contributed by atoms with E-state index in [0.29, 0.717) is 22.1 Å². The fourth-order valence-corrected chi connectivity index (χ4v) is 1.30. The highest BCUT2D eigenvalue weighted by molar-refractivity contribution is 7.80. The highest BCUT2D eigenvalue weighted by atomic mass is 35.5. The number of carbonyl (C=O) groups excluding carboxylic acids is 1. The maximum atomic E-state index is 11.3. The Hall–Kier alpha value is -0.670. The Kier molecular flexibility index (Phi) is 3.63. The van der Waals surface area contributed by atoms with Crippen LogP contribution in [0, 0.1) is 0 Å². The number of hydrogen-bond acceptors (Lipinski definition) is 3. The Morgan fingerprint density at radius 3 is 2.92 bits per heavy atom. The maximum absolute atomic E-state index is 11.3. The number of halogens is 1. The number of esters is 1. The zero-order valence-electron chi connectivity index (χ0n) is 7.08. The molecule has 0 bridgehead atoms. The first-order valence-corrected chi connectivity index (χ1v) is 4.64. The lowest BCUT2D eigenvalue weighted by Gasteiger charge is -2.04. The molecular weight excluding hydrogens is 208 g/mol. The molecule has 2 nitrogen and oxygen atoms in total. The molecule has 0 N–H and O–H groups in total. The summed E-state index contributed by atoms with van der Waals surface area (Å²) in [6.07, 6.45) is 0. The van der Waals surface area contributed by atoms with Crippen LogP contribution in [0.1, 0.15) is 17.3 Å². The quantitative estimate of drug-likeness (QED) is 0.608. The van der Waals surface area contributed by atoms with E-state index < -0.39 is 5.97 Å². The largest absolute Gasteiger partial charge is 0.462 e. The van der Waals surface area contributed by atoms with E-state index >= 15 is 0 Å². The second-order valence-electron chi connectivity index (χ2n) is 2.36. The van der Waals surface area contributed by atoms with Crippen LogP contribution in [0.15, 0.2) is 23.1 Å². The average Bonchev–Trinajstić information content (AvgIpc) is 2.10. The predicted molar refractivity (Wildman–Crippen MR) is 54.7 cm³/mol. The van der Waals surface area contributed by atoms with Gasteiger partial charge in [-0.05, 0) is 19.1 Å². The van der Waals surface area contributed by atoms with Crippen molar-refractivity contribution in [3.63, 3.8) is 0 Å². The van der Waals surface area contributed by atoms with Crippen molar-refractivity contribution in [3.8, 4) is 0 Å². The number of hydrogen-bond donors (Lipinski definition) is 1. The van der Waals surface area contributed by atoms with Gasteiger partial charge < -0.3 is 4.74 Å². The van der Waals surface area contributed by atoms with Crippen molar-refractivity contribution >= 4 is 30.2 Å². The smallest absolute Gasteiger partial charge is 0.339 e. The first kappa shape index (κ1) is 10.4. The predicted octanol–water partition coefficient (Wildman–Crippen LogP) is 2.81. The summed E-state index contributed by atoms with van der Waals surface area (Å²) in [6, 6.07) is 5.04. The lowest BCUT2D eigenvalue weighted by molar-refractivity contribution is 0.0526. The molecule has 0 amide bonds. The zero-order chi connectivity index (χ0) is 9.84. The third-order valence-corrected chi connectivity index (χ3v) is 2.39. The van der Waals surface area contributed by atoms with E-state index in [2.05, 4.69) is 12.6 Å². The molecule has 0 aliphatic carbocycles. The zero-order valence-corrected chi connectivity index (χ0v) is 8.73. The number of benzene rings is 1. The number of thiol groups is 1. The van der Waals surface area contributed by atoms with Gasteiger partial charge in [-0.1, -0.05) is 17.7 Å². The van der Waals surface area contributed by atoms with E-state index in [1.54, 1.807) is 25.1 Å². The van der Waals surface area contributed by atoms with Crippen molar-refractivity contribution in [1.29, 1.82) is 0 Å². The van der Waals surface area contributed by atoms with E-state index in [4.69, 9.17) is 16.3 Å². The maximum Gasteiger partial charge on any atom is 0.339 e. The Bertz CT molecular complexity index is 325. The van der Waals surface area contributed by atoms with Crippen molar-refractivity contribution in [2.75, 3.05) is 6.61 Å². The molecule has 70 valence electrons. The van der Waals surface area contributed by atoms with E-state index in [1.807, 2.05) is 0 Å². The lowest BCUT2D eigenvalue weighted by atomic mass is 10.2. The van der Waals surface area contributed by atoms with Gasteiger partial charge in [0, 0.05) is 4.90 Å². The molecule has 0 aromatic heterocycles. The molecule has 0 unspecified atom stereocenters. The summed E-state index contributed by atoms with van der Waals surface area (Å²) in [5.41, 5.74) is 0.357. The molecule has 1 rings (SSSR count). The normalized spacial score (nSPS) is 9.77. The summed E-state index contributed by atoms with van der Waals surface area (Å²) in [5.74, 6) is -0.414. The summed E-state index contributed by atoms with van der Waals surface area (Å²) in [6.45, 7) is 2.09. The molecular formula is C9H9ClO2S. The van der Waals surface area contributed by atoms with Crippen LogP contribution in [0.25, 0.3) is 0 Å². The van der Waals surface area contributed by atoms with Crippen LogP contribution in [-0.2, 0) is 4.74 Å². The Balaban J connectivity index is 3.01. The Morgan fingerprint density at radius 1 is 1.62 bits per heavy atom. The topological polar surface area (TPSA) is 26.3 Å². The lowest BCUT2D eigenvalue weighted by Crippen LogP contribution is -2.05. The fourth-order valence-electron chi connectivity index (χ4n) is 0.886. The van der Waals surface area contributed by atoms with Gasteiger partial charge in [-0.2, -0.15) is 0 Å². The SMILES string of the molecule is CCOC(=O)c1cccc(S)c1Cl. The van der Waals surface area contributed by atoms with Gasteiger partial charge in [-0.15, -0.1) is 12.6 Å². The molecule has 1 aromatic rings. The van der Waals surface area contributed by atoms with Crippen molar-refractivity contribution in [3.05, 3.63) is 28.8 Å². The molecule has 1 aromatic carbocycles. The van der Waals surface area contributed by atoms with Crippen LogP contribution in [-0.4, -0.2) is 12.6 Å². The summed E-state index contributed by atoms with van der Waals surface area (Å²) in [4.78, 5) is 11.9. The van der Waals surface area contributed by atoms with Gasteiger partial charge in [0.05, 0.1) is 17.2 Å². The van der Waals surface area contributed by atoms with E-state index in [-0.39, 0.29) is 0 Å². The van der Waals surface area contributed by atoms with Crippen LogP contribution in [0.5, 0.6) is 0 Å². The van der Waals surface area contributed by atoms with Gasteiger partial charge >= 0.3 is 5.97 Å². The summed E-state index contributed by atoms with van der Waals surface area (Å²) in [7, 11) is 0. The van der Waals surface area contributed by atoms with Crippen LogP contribution < -0.4 is 0 Å². The molecule has 0 heterocycles. The third kappa shape index (κ3) is 2.39. The highest BCUT2D eigenvalue weighted by Crippen LogP contribution is 2.24. The van der Waals surface area contributed by atoms with Crippen molar-refractivity contribution in [1.82, 2.24) is 0 Å². The Labute approximate surface area is 87.3 Å². The molecule has 0 spiro atoms. The second-order valence-corrected chi connectivity index (χ2v) is 3.22. The van der Waals surface area contributed by atoms with E-state index in [0.717, 1.165) is 0 Å². The van der Waals surface area contributed by atoms with Gasteiger partial charge in [0.2, 0.25) is 0 Å². The first-order chi connectivity index (χ1) is 6.16. The molecule has 0 fully saturated rings. The van der Waals surface area contributed by atoms with Gasteiger partial charge in [-0.25, -0.2) is 4.79 Å². The van der Waals surface area contributed by atoms with Gasteiger partial charge in [0.1, 0.15) is 0 Å². The monoisotopic (exact) mass is 216 g/mol. The molecule has 13 heavy (non-hydrogen) atoms. The number of carbonyl (C=O) groups is 1. The highest BCUT2D eigenvalue weighted by Gasteiger charge is 2.12. The molecule has 0 saturated carbocycles. The van der Waals surface area contributed by atoms with Gasteiger partial charge in [0.25, 0.3) is 0 Å². The minimum absolute atomic E-state index is 0.337. The summed E-state index contributed by atoms with van der Waals surface area (Å²) in [5, 5.41) is 0.337. The fraction of sp³-hybridized carbons (Fsp3) is 0.222. The Morgan fingerprint density at radius 2 is 2.31 bits per heavy atom. The molecule has 4 heteroatoms. The van der Waals surface area contributed by atoms with Crippen molar-refractivity contribution in [2.24, 2.45) is 0 Å². The summed E-state index contributed by atoms with van der Waals surface area (Å²) >= 11 is 9.94. The van der Waals surface area contributed by atoms with Crippen LogP contribution in [0.3, 0.4) is 0 Å². The minimum Gasteiger partial charge on any atom is -0.462 e. The van der Waals surface area contributed by atoms with Crippen LogP contribution >= 0.6 is 24.2 Å². The summed E-state index contributed by atoms with van der Waals surface area (Å²) < 4.78 is 4.81. The van der Waals surface area contributed by atoms with Crippen molar-refractivity contribution in [2.45, 2.75) is 11.8 Å². The van der Waals surface area contributed by atoms with Crippen LogP contribution in [0.4, 0.5) is 0 Å². The van der Waals surface area contributed by atoms with Gasteiger partial charge in [0.15, 0.2) is 0 Å². The molecule has 0 aliphatic rings. The molecule has 0 atom stereocenters. The average molecular weight is 217 g/mol. The standard InChI is InChI=1S/C9H9ClO2S/c1-2-12-9(11)6-4-3-5-7(13)8(6)10/h3-5,13H,2H2,1H3. The number of ether oxygens (including phenoxy) is 1. The first-order valence-electron chi connectivity index (χ1n) is 3.81. The third-order valence-electron chi connectivity index (χ3n) is 1.47. The molecule has 0 aliphatic heterocycles. The van der Waals surface area contributed by atoms with Crippen molar-refractivity contribution < 1.29 is 9.53 Å².